The van der Waals surface area contributed by atoms with Crippen molar-refractivity contribution in [3.05, 3.63) is 54.4 Å². The van der Waals surface area contributed by atoms with Crippen LogP contribution in [-0.4, -0.2) is 91.7 Å². The fraction of sp³-hybridized carbons (Fsp3) is 0.600. The fourth-order valence-electron chi connectivity index (χ4n) is 7.79. The van der Waals surface area contributed by atoms with Crippen LogP contribution in [0.5, 0.6) is 11.6 Å². The van der Waals surface area contributed by atoms with E-state index in [2.05, 4.69) is 40.3 Å². The lowest BCUT2D eigenvalue weighted by atomic mass is 9.67. The van der Waals surface area contributed by atoms with Crippen molar-refractivity contribution >= 4 is 17.7 Å². The molecule has 3 aliphatic rings. The molecule has 6 rings (SSSR count). The Kier molecular flexibility index (Phi) is 10.1. The number of carbonyl (C=O) groups is 1. The van der Waals surface area contributed by atoms with Crippen molar-refractivity contribution in [2.75, 3.05) is 42.9 Å². The van der Waals surface area contributed by atoms with Gasteiger partial charge in [0.25, 0.3) is 11.8 Å². The Balaban J connectivity index is 1.04. The van der Waals surface area contributed by atoms with Crippen LogP contribution in [0.25, 0.3) is 0 Å². The molecule has 2 aliphatic heterocycles. The third-order valence-electron chi connectivity index (χ3n) is 10.3. The molecule has 2 aromatic heterocycles. The number of likely N-dealkylation sites (tertiary alicyclic amines) is 1. The zero-order valence-corrected chi connectivity index (χ0v) is 28.1. The van der Waals surface area contributed by atoms with E-state index in [1.807, 2.05) is 33.8 Å². The minimum atomic E-state index is -0.500. The summed E-state index contributed by atoms with van der Waals surface area (Å²) in [6, 6.07) is 6.19. The van der Waals surface area contributed by atoms with Crippen LogP contribution < -0.4 is 15.0 Å². The van der Waals surface area contributed by atoms with Gasteiger partial charge in [-0.2, -0.15) is 0 Å². The topological polar surface area (TPSA) is 112 Å². The van der Waals surface area contributed by atoms with Crippen LogP contribution in [0, 0.1) is 17.2 Å². The van der Waals surface area contributed by atoms with Gasteiger partial charge in [-0.1, -0.05) is 0 Å². The molecular formula is C35H48FN9O2. The number of rotatable bonds is 10. The predicted octanol–water partition coefficient (Wildman–Crippen LogP) is 5.82. The quantitative estimate of drug-likeness (QED) is 0.290. The summed E-state index contributed by atoms with van der Waals surface area (Å²) in [5.41, 5.74) is 0.621. The van der Waals surface area contributed by atoms with Crippen LogP contribution in [0.3, 0.4) is 0 Å². The summed E-state index contributed by atoms with van der Waals surface area (Å²) >= 11 is 0. The highest BCUT2D eigenvalue weighted by Crippen LogP contribution is 2.45. The third-order valence-corrected chi connectivity index (χ3v) is 10.3. The number of piperidine rings is 1. The Morgan fingerprint density at radius 2 is 1.74 bits per heavy atom. The van der Waals surface area contributed by atoms with E-state index in [4.69, 9.17) is 4.74 Å². The number of anilines is 2. The van der Waals surface area contributed by atoms with Crippen molar-refractivity contribution in [3.63, 3.8) is 0 Å². The molecule has 0 radical (unpaired) electrons. The highest BCUT2D eigenvalue weighted by Gasteiger charge is 2.39. The summed E-state index contributed by atoms with van der Waals surface area (Å²) in [5.74, 6) is 1.50. The molecule has 1 N–H and O–H groups in total. The van der Waals surface area contributed by atoms with E-state index in [0.29, 0.717) is 23.2 Å². The molecule has 3 fully saturated rings. The first-order valence-electron chi connectivity index (χ1n) is 17.2. The summed E-state index contributed by atoms with van der Waals surface area (Å²) < 4.78 is 20.6. The van der Waals surface area contributed by atoms with Gasteiger partial charge in [0.2, 0.25) is 5.95 Å². The summed E-state index contributed by atoms with van der Waals surface area (Å²) in [5, 5.41) is 11.8. The number of amides is 1. The molecule has 1 spiro atoms. The number of nitrogens with one attached hydrogen (secondary N) is 1. The normalized spacial score (nSPS) is 20.2. The predicted molar refractivity (Wildman–Crippen MR) is 179 cm³/mol. The summed E-state index contributed by atoms with van der Waals surface area (Å²) in [6.45, 7) is 12.8. The van der Waals surface area contributed by atoms with Gasteiger partial charge in [-0.3, -0.25) is 4.79 Å². The highest BCUT2D eigenvalue weighted by atomic mass is 19.1. The maximum atomic E-state index is 14.4. The van der Waals surface area contributed by atoms with Gasteiger partial charge in [-0.05, 0) is 121 Å². The van der Waals surface area contributed by atoms with Gasteiger partial charge in [0.05, 0.1) is 5.56 Å². The molecule has 2 saturated heterocycles. The molecular weight excluding hydrogens is 597 g/mol. The first kappa shape index (κ1) is 33.0. The highest BCUT2D eigenvalue weighted by molar-refractivity contribution is 5.97. The molecule has 1 amide bonds. The van der Waals surface area contributed by atoms with E-state index >= 15 is 0 Å². The number of carbonyl (C=O) groups excluding carboxylic acids is 1. The first-order valence-corrected chi connectivity index (χ1v) is 17.2. The monoisotopic (exact) mass is 645 g/mol. The summed E-state index contributed by atoms with van der Waals surface area (Å²) in [4.78, 5) is 33.3. The molecule has 1 atom stereocenters. The molecule has 1 saturated carbocycles. The number of benzene rings is 1. The number of halogens is 1. The van der Waals surface area contributed by atoms with E-state index < -0.39 is 5.82 Å². The average molecular weight is 646 g/mol. The van der Waals surface area contributed by atoms with Gasteiger partial charge < -0.3 is 24.8 Å². The largest absolute Gasteiger partial charge is 0.434 e. The molecule has 47 heavy (non-hydrogen) atoms. The summed E-state index contributed by atoms with van der Waals surface area (Å²) in [7, 11) is 0. The third kappa shape index (κ3) is 7.80. The van der Waals surface area contributed by atoms with Crippen LogP contribution in [0.2, 0.25) is 0 Å². The van der Waals surface area contributed by atoms with Crippen molar-refractivity contribution < 1.29 is 13.9 Å². The van der Waals surface area contributed by atoms with E-state index in [1.54, 1.807) is 17.3 Å². The van der Waals surface area contributed by atoms with E-state index in [9.17, 15) is 9.18 Å². The standard InChI is InChI=1S/C35H48FN9O2/c1-24(2)45(25(3)4)33(46)29-20-27(36)6-7-30(29)47-32-31(39-23-40-42-32)44-17-10-26(22-44)21-43-18-13-35(14-19-43)11-8-28(9-12-35)41-34-37-15-5-16-38-34/h5-7,15-16,20,23-26,28H,8-14,17-19,21-22H2,1-4H3,(H,37,38,41). The second-order valence-corrected chi connectivity index (χ2v) is 14.1. The number of ether oxygens (including phenoxy) is 1. The number of hydrogen-bond acceptors (Lipinski definition) is 10. The Morgan fingerprint density at radius 3 is 2.45 bits per heavy atom. The van der Waals surface area contributed by atoms with Gasteiger partial charge in [0.15, 0.2) is 5.82 Å². The van der Waals surface area contributed by atoms with Crippen molar-refractivity contribution in [2.45, 2.75) is 90.8 Å². The second-order valence-electron chi connectivity index (χ2n) is 14.1. The van der Waals surface area contributed by atoms with Crippen LogP contribution in [-0.2, 0) is 0 Å². The van der Waals surface area contributed by atoms with Gasteiger partial charge in [-0.25, -0.2) is 19.3 Å². The minimum Gasteiger partial charge on any atom is -0.434 e. The summed E-state index contributed by atoms with van der Waals surface area (Å²) in [6.07, 6.45) is 13.5. The second kappa shape index (κ2) is 14.5. The molecule has 12 heteroatoms. The Bertz CT molecular complexity index is 1480. The molecule has 11 nitrogen and oxygen atoms in total. The number of nitrogens with zero attached hydrogens (tertiary/aromatic N) is 8. The van der Waals surface area contributed by atoms with Crippen molar-refractivity contribution in [1.29, 1.82) is 0 Å². The zero-order valence-electron chi connectivity index (χ0n) is 28.1. The van der Waals surface area contributed by atoms with Crippen LogP contribution in [0.1, 0.15) is 83.0 Å². The van der Waals surface area contributed by atoms with E-state index in [1.165, 1.54) is 63.1 Å². The van der Waals surface area contributed by atoms with Gasteiger partial charge in [0, 0.05) is 50.2 Å². The minimum absolute atomic E-state index is 0.0629. The van der Waals surface area contributed by atoms with Crippen LogP contribution in [0.4, 0.5) is 16.2 Å². The molecule has 4 heterocycles. The van der Waals surface area contributed by atoms with Gasteiger partial charge in [-0.15, -0.1) is 10.2 Å². The van der Waals surface area contributed by atoms with E-state index in [0.717, 1.165) is 45.1 Å². The Labute approximate surface area is 277 Å². The molecule has 252 valence electrons. The number of hydrogen-bond donors (Lipinski definition) is 1. The molecule has 1 aromatic carbocycles. The number of aromatic nitrogens is 5. The maximum absolute atomic E-state index is 14.4. The first-order chi connectivity index (χ1) is 22.7. The van der Waals surface area contributed by atoms with Crippen LogP contribution >= 0.6 is 0 Å². The lowest BCUT2D eigenvalue weighted by Gasteiger charge is -2.46. The Morgan fingerprint density at radius 1 is 1.02 bits per heavy atom. The van der Waals surface area contributed by atoms with Crippen molar-refractivity contribution in [3.8, 4) is 11.6 Å². The zero-order chi connectivity index (χ0) is 33.0. The molecule has 1 aliphatic carbocycles. The maximum Gasteiger partial charge on any atom is 0.282 e. The average Bonchev–Trinajstić information content (AvgIpc) is 3.53. The van der Waals surface area contributed by atoms with Gasteiger partial charge in [0.1, 0.15) is 17.9 Å². The molecule has 1 unspecified atom stereocenters. The molecule has 3 aromatic rings. The van der Waals surface area contributed by atoms with Crippen LogP contribution in [0.15, 0.2) is 43.0 Å². The molecule has 0 bridgehead atoms. The van der Waals surface area contributed by atoms with Gasteiger partial charge >= 0.3 is 0 Å². The lowest BCUT2D eigenvalue weighted by Crippen LogP contribution is -2.45. The van der Waals surface area contributed by atoms with E-state index in [-0.39, 0.29) is 35.2 Å². The smallest absolute Gasteiger partial charge is 0.282 e. The fourth-order valence-corrected chi connectivity index (χ4v) is 7.79. The SMILES string of the molecule is CC(C)N(C(=O)c1cc(F)ccc1Oc1nncnc1N1CCC(CN2CCC3(CCC(Nc4ncccn4)CC3)CC2)C1)C(C)C. The van der Waals surface area contributed by atoms with Crippen molar-refractivity contribution in [1.82, 2.24) is 34.9 Å². The lowest BCUT2D eigenvalue weighted by molar-refractivity contribution is 0.0583. The van der Waals surface area contributed by atoms with Crippen molar-refractivity contribution in [2.24, 2.45) is 11.3 Å². The Hall–Kier alpha value is -3.93.